The summed E-state index contributed by atoms with van der Waals surface area (Å²) in [4.78, 5) is 12.5. The van der Waals surface area contributed by atoms with Gasteiger partial charge in [0.15, 0.2) is 5.82 Å². The van der Waals surface area contributed by atoms with Crippen LogP contribution in [-0.4, -0.2) is 27.8 Å². The van der Waals surface area contributed by atoms with Crippen molar-refractivity contribution < 1.29 is 9.53 Å². The Labute approximate surface area is 152 Å². The summed E-state index contributed by atoms with van der Waals surface area (Å²) in [5.74, 6) is 1.12. The van der Waals surface area contributed by atoms with Crippen LogP contribution in [0.25, 0.3) is 0 Å². The van der Waals surface area contributed by atoms with Crippen LogP contribution in [0.5, 0.6) is 5.75 Å². The molecule has 0 fully saturated rings. The van der Waals surface area contributed by atoms with E-state index in [9.17, 15) is 4.79 Å². The van der Waals surface area contributed by atoms with Crippen LogP contribution in [0.4, 0.5) is 0 Å². The minimum atomic E-state index is -0.192. The van der Waals surface area contributed by atoms with Gasteiger partial charge in [0.2, 0.25) is 0 Å². The van der Waals surface area contributed by atoms with Crippen LogP contribution in [0.1, 0.15) is 27.3 Å². The summed E-state index contributed by atoms with van der Waals surface area (Å²) in [6, 6.07) is 15.7. The lowest BCUT2D eigenvalue weighted by atomic mass is 10.1. The van der Waals surface area contributed by atoms with Crippen molar-refractivity contribution in [1.29, 1.82) is 0 Å². The first kappa shape index (κ1) is 17.7. The van der Waals surface area contributed by atoms with Crippen molar-refractivity contribution in [2.45, 2.75) is 26.4 Å². The molecule has 134 valence electrons. The standard InChI is InChI=1S/C20H22N4O2/c1-15-7-6-10-17(19(15)26-2)20(25)21-13-18-23-22-14-24(18)12-11-16-8-4-3-5-9-16/h3-10,14H,11-13H2,1-2H3,(H,21,25). The van der Waals surface area contributed by atoms with E-state index in [-0.39, 0.29) is 5.91 Å². The molecule has 1 heterocycles. The zero-order valence-corrected chi connectivity index (χ0v) is 15.0. The second-order valence-electron chi connectivity index (χ2n) is 6.01. The summed E-state index contributed by atoms with van der Waals surface area (Å²) in [5.41, 5.74) is 2.69. The van der Waals surface area contributed by atoms with Crippen LogP contribution >= 0.6 is 0 Å². The van der Waals surface area contributed by atoms with Crippen LogP contribution < -0.4 is 10.1 Å². The number of ether oxygens (including phenoxy) is 1. The number of methoxy groups -OCH3 is 1. The third-order valence-electron chi connectivity index (χ3n) is 4.25. The van der Waals surface area contributed by atoms with E-state index < -0.39 is 0 Å². The van der Waals surface area contributed by atoms with E-state index in [1.165, 1.54) is 5.56 Å². The number of aromatic nitrogens is 3. The fourth-order valence-corrected chi connectivity index (χ4v) is 2.85. The van der Waals surface area contributed by atoms with Gasteiger partial charge in [-0.3, -0.25) is 4.79 Å². The SMILES string of the molecule is COc1c(C)cccc1C(=O)NCc1nncn1CCc1ccccc1. The molecular weight excluding hydrogens is 328 g/mol. The van der Waals surface area contributed by atoms with E-state index in [0.29, 0.717) is 17.9 Å². The molecule has 6 heteroatoms. The lowest BCUT2D eigenvalue weighted by Gasteiger charge is -2.12. The van der Waals surface area contributed by atoms with Crippen LogP contribution in [0.2, 0.25) is 0 Å². The molecule has 0 aliphatic carbocycles. The summed E-state index contributed by atoms with van der Waals surface area (Å²) >= 11 is 0. The third kappa shape index (κ3) is 4.08. The molecule has 26 heavy (non-hydrogen) atoms. The number of nitrogens with one attached hydrogen (secondary N) is 1. The molecule has 0 saturated heterocycles. The van der Waals surface area contributed by atoms with Gasteiger partial charge in [-0.15, -0.1) is 10.2 Å². The van der Waals surface area contributed by atoms with Crippen molar-refractivity contribution in [3.8, 4) is 5.75 Å². The Kier molecular flexibility index (Phi) is 5.63. The Bertz CT molecular complexity index is 875. The van der Waals surface area contributed by atoms with Crippen LogP contribution in [0, 0.1) is 6.92 Å². The van der Waals surface area contributed by atoms with Gasteiger partial charge in [0.25, 0.3) is 5.91 Å². The van der Waals surface area contributed by atoms with Crippen molar-refractivity contribution in [2.75, 3.05) is 7.11 Å². The number of nitrogens with zero attached hydrogens (tertiary/aromatic N) is 3. The molecule has 0 aliphatic heterocycles. The number of hydrogen-bond acceptors (Lipinski definition) is 4. The van der Waals surface area contributed by atoms with E-state index in [1.54, 1.807) is 19.5 Å². The van der Waals surface area contributed by atoms with E-state index >= 15 is 0 Å². The average molecular weight is 350 g/mol. The van der Waals surface area contributed by atoms with Crippen molar-refractivity contribution >= 4 is 5.91 Å². The number of carbonyl (C=O) groups is 1. The van der Waals surface area contributed by atoms with Crippen molar-refractivity contribution in [3.05, 3.63) is 77.4 Å². The number of aryl methyl sites for hydroxylation is 3. The number of rotatable bonds is 7. The van der Waals surface area contributed by atoms with Crippen molar-refractivity contribution in [3.63, 3.8) is 0 Å². The molecule has 0 saturated carbocycles. The van der Waals surface area contributed by atoms with Crippen molar-refractivity contribution in [1.82, 2.24) is 20.1 Å². The molecule has 3 rings (SSSR count). The first-order valence-electron chi connectivity index (χ1n) is 8.51. The topological polar surface area (TPSA) is 69.0 Å². The Morgan fingerprint density at radius 3 is 2.73 bits per heavy atom. The highest BCUT2D eigenvalue weighted by molar-refractivity contribution is 5.97. The molecule has 0 bridgehead atoms. The van der Waals surface area contributed by atoms with Crippen LogP contribution in [0.15, 0.2) is 54.9 Å². The molecular formula is C20H22N4O2. The second-order valence-corrected chi connectivity index (χ2v) is 6.01. The molecule has 6 nitrogen and oxygen atoms in total. The fraction of sp³-hybridized carbons (Fsp3) is 0.250. The Balaban J connectivity index is 1.63. The maximum atomic E-state index is 12.5. The minimum Gasteiger partial charge on any atom is -0.496 e. The molecule has 0 atom stereocenters. The van der Waals surface area contributed by atoms with E-state index in [2.05, 4.69) is 27.6 Å². The van der Waals surface area contributed by atoms with Crippen LogP contribution in [0.3, 0.4) is 0 Å². The minimum absolute atomic E-state index is 0.192. The highest BCUT2D eigenvalue weighted by Gasteiger charge is 2.14. The number of carbonyl (C=O) groups excluding carboxylic acids is 1. The van der Waals surface area contributed by atoms with Gasteiger partial charge >= 0.3 is 0 Å². The summed E-state index contributed by atoms with van der Waals surface area (Å²) < 4.78 is 7.31. The molecule has 1 N–H and O–H groups in total. The van der Waals surface area contributed by atoms with Gasteiger partial charge in [-0.1, -0.05) is 42.5 Å². The van der Waals surface area contributed by atoms with E-state index in [1.807, 2.05) is 41.8 Å². The Morgan fingerprint density at radius 2 is 1.96 bits per heavy atom. The number of benzene rings is 2. The summed E-state index contributed by atoms with van der Waals surface area (Å²) in [6.45, 7) is 2.98. The van der Waals surface area contributed by atoms with E-state index in [4.69, 9.17) is 4.74 Å². The maximum Gasteiger partial charge on any atom is 0.255 e. The van der Waals surface area contributed by atoms with Gasteiger partial charge in [-0.05, 0) is 30.5 Å². The smallest absolute Gasteiger partial charge is 0.255 e. The molecule has 0 unspecified atom stereocenters. The fourth-order valence-electron chi connectivity index (χ4n) is 2.85. The molecule has 2 aromatic carbocycles. The second kappa shape index (κ2) is 8.29. The highest BCUT2D eigenvalue weighted by Crippen LogP contribution is 2.22. The van der Waals surface area contributed by atoms with Crippen LogP contribution in [-0.2, 0) is 19.5 Å². The zero-order chi connectivity index (χ0) is 18.4. The lowest BCUT2D eigenvalue weighted by molar-refractivity contribution is 0.0946. The Hall–Kier alpha value is -3.15. The van der Waals surface area contributed by atoms with Gasteiger partial charge in [0.1, 0.15) is 12.1 Å². The van der Waals surface area contributed by atoms with Gasteiger partial charge in [0.05, 0.1) is 19.2 Å². The van der Waals surface area contributed by atoms with Gasteiger partial charge in [-0.25, -0.2) is 0 Å². The summed E-state index contributed by atoms with van der Waals surface area (Å²) in [5, 5.41) is 11.0. The molecule has 0 aliphatic rings. The monoisotopic (exact) mass is 350 g/mol. The number of hydrogen-bond donors (Lipinski definition) is 1. The largest absolute Gasteiger partial charge is 0.496 e. The van der Waals surface area contributed by atoms with Gasteiger partial charge in [-0.2, -0.15) is 0 Å². The molecule has 1 aromatic heterocycles. The zero-order valence-electron chi connectivity index (χ0n) is 15.0. The summed E-state index contributed by atoms with van der Waals surface area (Å²) in [7, 11) is 1.57. The van der Waals surface area contributed by atoms with E-state index in [0.717, 1.165) is 24.4 Å². The predicted octanol–water partition coefficient (Wildman–Crippen LogP) is 2.77. The molecule has 0 radical (unpaired) electrons. The first-order chi connectivity index (χ1) is 12.7. The maximum absolute atomic E-state index is 12.5. The lowest BCUT2D eigenvalue weighted by Crippen LogP contribution is -2.25. The average Bonchev–Trinajstić information content (AvgIpc) is 3.12. The predicted molar refractivity (Wildman–Crippen MR) is 99.1 cm³/mol. The third-order valence-corrected chi connectivity index (χ3v) is 4.25. The Morgan fingerprint density at radius 1 is 1.15 bits per heavy atom. The molecule has 1 amide bonds. The van der Waals surface area contributed by atoms with Gasteiger partial charge in [0, 0.05) is 6.54 Å². The quantitative estimate of drug-likeness (QED) is 0.711. The number of amides is 1. The number of para-hydroxylation sites is 1. The molecule has 3 aromatic rings. The molecule has 0 spiro atoms. The summed E-state index contributed by atoms with van der Waals surface area (Å²) in [6.07, 6.45) is 2.57. The van der Waals surface area contributed by atoms with Crippen molar-refractivity contribution in [2.24, 2.45) is 0 Å². The van der Waals surface area contributed by atoms with Gasteiger partial charge < -0.3 is 14.6 Å². The highest BCUT2D eigenvalue weighted by atomic mass is 16.5. The first-order valence-corrected chi connectivity index (χ1v) is 8.51. The normalized spacial score (nSPS) is 10.5.